The normalized spacial score (nSPS) is 17.3. The highest BCUT2D eigenvalue weighted by molar-refractivity contribution is 7.13. The summed E-state index contributed by atoms with van der Waals surface area (Å²) in [7, 11) is 1.65. The Labute approximate surface area is 175 Å². The largest absolute Gasteiger partial charge is 0.496 e. The molecule has 6 heteroatoms. The van der Waals surface area contributed by atoms with Crippen molar-refractivity contribution in [3.8, 4) is 16.3 Å². The van der Waals surface area contributed by atoms with Gasteiger partial charge in [-0.25, -0.2) is 4.98 Å². The van der Waals surface area contributed by atoms with Gasteiger partial charge < -0.3 is 9.64 Å². The van der Waals surface area contributed by atoms with Crippen molar-refractivity contribution in [1.82, 2.24) is 14.8 Å². The van der Waals surface area contributed by atoms with E-state index in [9.17, 15) is 4.79 Å². The molecule has 1 atom stereocenters. The van der Waals surface area contributed by atoms with E-state index < -0.39 is 0 Å². The summed E-state index contributed by atoms with van der Waals surface area (Å²) in [6, 6.07) is 18.4. The van der Waals surface area contributed by atoms with Gasteiger partial charge in [0.25, 0.3) is 5.91 Å². The van der Waals surface area contributed by atoms with Gasteiger partial charge in [-0.05, 0) is 24.6 Å². The highest BCUT2D eigenvalue weighted by Crippen LogP contribution is 2.32. The second-order valence-corrected chi connectivity index (χ2v) is 8.16. The lowest BCUT2D eigenvalue weighted by Crippen LogP contribution is -2.53. The third-order valence-corrected chi connectivity index (χ3v) is 6.16. The number of piperazine rings is 1. The minimum atomic E-state index is 0.00857. The van der Waals surface area contributed by atoms with Gasteiger partial charge in [-0.15, -0.1) is 11.3 Å². The molecule has 0 saturated carbocycles. The van der Waals surface area contributed by atoms with E-state index >= 15 is 0 Å². The number of methoxy groups -OCH3 is 1. The maximum atomic E-state index is 13.1. The van der Waals surface area contributed by atoms with E-state index in [0.717, 1.165) is 36.0 Å². The van der Waals surface area contributed by atoms with Crippen LogP contribution in [-0.2, 0) is 6.54 Å². The Bertz CT molecular complexity index is 973. The first-order valence-corrected chi connectivity index (χ1v) is 10.7. The third-order valence-electron chi connectivity index (χ3n) is 5.28. The van der Waals surface area contributed by atoms with Crippen LogP contribution in [0.25, 0.3) is 10.6 Å². The minimum absolute atomic E-state index is 0.00857. The average Bonchev–Trinajstić information content (AvgIpc) is 3.24. The van der Waals surface area contributed by atoms with Crippen molar-refractivity contribution < 1.29 is 9.53 Å². The van der Waals surface area contributed by atoms with Gasteiger partial charge in [0.1, 0.15) is 16.5 Å². The maximum Gasteiger partial charge on any atom is 0.273 e. The quantitative estimate of drug-likeness (QED) is 0.637. The van der Waals surface area contributed by atoms with Gasteiger partial charge >= 0.3 is 0 Å². The predicted molar refractivity (Wildman–Crippen MR) is 116 cm³/mol. The molecule has 29 heavy (non-hydrogen) atoms. The molecular weight excluding hydrogens is 382 g/mol. The zero-order valence-corrected chi connectivity index (χ0v) is 17.6. The summed E-state index contributed by atoms with van der Waals surface area (Å²) in [5, 5.41) is 2.66. The number of hydrogen-bond donors (Lipinski definition) is 0. The molecule has 0 aliphatic carbocycles. The Kier molecular flexibility index (Phi) is 5.92. The first-order chi connectivity index (χ1) is 14.2. The molecule has 0 radical (unpaired) electrons. The Balaban J connectivity index is 1.43. The molecule has 0 spiro atoms. The fourth-order valence-electron chi connectivity index (χ4n) is 3.78. The fourth-order valence-corrected chi connectivity index (χ4v) is 4.61. The first-order valence-electron chi connectivity index (χ1n) is 9.82. The van der Waals surface area contributed by atoms with Crippen molar-refractivity contribution >= 4 is 17.2 Å². The molecular formula is C23H25N3O2S. The maximum absolute atomic E-state index is 13.1. The smallest absolute Gasteiger partial charge is 0.273 e. The van der Waals surface area contributed by atoms with E-state index in [1.165, 1.54) is 16.9 Å². The standard InChI is InChI=1S/C23H25N3O2S/c1-17-14-25(15-18-8-4-3-5-9-18)12-13-26(17)23(27)20-16-29-22(24-20)19-10-6-7-11-21(19)28-2/h3-11,16-17H,12-15H2,1-2H3. The van der Waals surface area contributed by atoms with E-state index in [1.54, 1.807) is 7.11 Å². The second-order valence-electron chi connectivity index (χ2n) is 7.31. The minimum Gasteiger partial charge on any atom is -0.496 e. The number of nitrogens with zero attached hydrogens (tertiary/aromatic N) is 3. The molecule has 1 saturated heterocycles. The van der Waals surface area contributed by atoms with Gasteiger partial charge in [-0.1, -0.05) is 42.5 Å². The van der Waals surface area contributed by atoms with E-state index in [-0.39, 0.29) is 11.9 Å². The number of hydrogen-bond acceptors (Lipinski definition) is 5. The topological polar surface area (TPSA) is 45.7 Å². The van der Waals surface area contributed by atoms with Gasteiger partial charge in [0.15, 0.2) is 0 Å². The summed E-state index contributed by atoms with van der Waals surface area (Å²) < 4.78 is 5.43. The van der Waals surface area contributed by atoms with Crippen molar-refractivity contribution in [2.75, 3.05) is 26.7 Å². The number of rotatable bonds is 5. The second kappa shape index (κ2) is 8.76. The number of aromatic nitrogens is 1. The van der Waals surface area contributed by atoms with Crippen LogP contribution in [0.2, 0.25) is 0 Å². The highest BCUT2D eigenvalue weighted by Gasteiger charge is 2.29. The van der Waals surface area contributed by atoms with Crippen LogP contribution in [0.3, 0.4) is 0 Å². The van der Waals surface area contributed by atoms with Gasteiger partial charge in [-0.3, -0.25) is 9.69 Å². The number of carbonyl (C=O) groups excluding carboxylic acids is 1. The summed E-state index contributed by atoms with van der Waals surface area (Å²) in [5.41, 5.74) is 2.74. The van der Waals surface area contributed by atoms with Crippen molar-refractivity contribution in [1.29, 1.82) is 0 Å². The SMILES string of the molecule is COc1ccccc1-c1nc(C(=O)N2CCN(Cc3ccccc3)CC2C)cs1. The molecule has 150 valence electrons. The molecule has 3 aromatic rings. The van der Waals surface area contributed by atoms with Gasteiger partial charge in [0.05, 0.1) is 12.7 Å². The lowest BCUT2D eigenvalue weighted by Gasteiger charge is -2.39. The van der Waals surface area contributed by atoms with Crippen LogP contribution in [0, 0.1) is 0 Å². The van der Waals surface area contributed by atoms with E-state index in [0.29, 0.717) is 12.2 Å². The van der Waals surface area contributed by atoms with Crippen LogP contribution in [0.1, 0.15) is 23.0 Å². The van der Waals surface area contributed by atoms with Crippen molar-refractivity contribution in [2.24, 2.45) is 0 Å². The van der Waals surface area contributed by atoms with Gasteiger partial charge in [-0.2, -0.15) is 0 Å². The summed E-state index contributed by atoms with van der Waals surface area (Å²) in [6.45, 7) is 5.48. The number of amides is 1. The molecule has 0 N–H and O–H groups in total. The Morgan fingerprint density at radius 1 is 1.14 bits per heavy atom. The van der Waals surface area contributed by atoms with E-state index in [4.69, 9.17) is 4.74 Å². The van der Waals surface area contributed by atoms with Crippen LogP contribution in [0.5, 0.6) is 5.75 Å². The van der Waals surface area contributed by atoms with Gasteiger partial charge in [0.2, 0.25) is 0 Å². The fraction of sp³-hybridized carbons (Fsp3) is 0.304. The Morgan fingerprint density at radius 3 is 2.66 bits per heavy atom. The van der Waals surface area contributed by atoms with E-state index in [2.05, 4.69) is 41.1 Å². The number of carbonyl (C=O) groups is 1. The van der Waals surface area contributed by atoms with Crippen molar-refractivity contribution in [2.45, 2.75) is 19.5 Å². The van der Waals surface area contributed by atoms with Crippen LogP contribution in [-0.4, -0.2) is 53.5 Å². The predicted octanol–water partition coefficient (Wildman–Crippen LogP) is 4.17. The summed E-state index contributed by atoms with van der Waals surface area (Å²) >= 11 is 1.48. The van der Waals surface area contributed by atoms with Crippen LogP contribution >= 0.6 is 11.3 Å². The molecule has 2 aromatic carbocycles. The molecule has 1 fully saturated rings. The van der Waals surface area contributed by atoms with Crippen LogP contribution in [0.15, 0.2) is 60.0 Å². The average molecular weight is 408 g/mol. The van der Waals surface area contributed by atoms with E-state index in [1.807, 2.05) is 40.6 Å². The molecule has 1 aliphatic rings. The lowest BCUT2D eigenvalue weighted by molar-refractivity contribution is 0.0471. The highest BCUT2D eigenvalue weighted by atomic mass is 32.1. The molecule has 1 unspecified atom stereocenters. The van der Waals surface area contributed by atoms with Crippen molar-refractivity contribution in [3.63, 3.8) is 0 Å². The molecule has 2 heterocycles. The summed E-state index contributed by atoms with van der Waals surface area (Å²) in [4.78, 5) is 22.1. The molecule has 1 aromatic heterocycles. The molecule has 5 nitrogen and oxygen atoms in total. The first kappa shape index (κ1) is 19.6. The zero-order chi connectivity index (χ0) is 20.2. The monoisotopic (exact) mass is 407 g/mol. The number of thiazole rings is 1. The van der Waals surface area contributed by atoms with Gasteiger partial charge in [0, 0.05) is 37.6 Å². The molecule has 1 aliphatic heterocycles. The Morgan fingerprint density at radius 2 is 1.90 bits per heavy atom. The molecule has 0 bridgehead atoms. The number of para-hydroxylation sites is 1. The number of benzene rings is 2. The molecule has 1 amide bonds. The summed E-state index contributed by atoms with van der Waals surface area (Å²) in [5.74, 6) is 0.776. The summed E-state index contributed by atoms with van der Waals surface area (Å²) in [6.07, 6.45) is 0. The van der Waals surface area contributed by atoms with Crippen molar-refractivity contribution in [3.05, 3.63) is 71.2 Å². The van der Waals surface area contributed by atoms with Crippen LogP contribution in [0.4, 0.5) is 0 Å². The zero-order valence-electron chi connectivity index (χ0n) is 16.7. The third kappa shape index (κ3) is 4.33. The Hall–Kier alpha value is -2.70. The molecule has 4 rings (SSSR count). The lowest BCUT2D eigenvalue weighted by atomic mass is 10.1. The van der Waals surface area contributed by atoms with Crippen LogP contribution < -0.4 is 4.74 Å². The number of ether oxygens (including phenoxy) is 1.